The van der Waals surface area contributed by atoms with Crippen molar-refractivity contribution in [1.29, 1.82) is 0 Å². The van der Waals surface area contributed by atoms with Gasteiger partial charge in [0.1, 0.15) is 6.67 Å². The first kappa shape index (κ1) is 13.4. The van der Waals surface area contributed by atoms with E-state index in [4.69, 9.17) is 4.74 Å². The van der Waals surface area contributed by atoms with Gasteiger partial charge < -0.3 is 9.64 Å². The van der Waals surface area contributed by atoms with E-state index in [9.17, 15) is 9.18 Å². The molecule has 0 N–H and O–H groups in total. The molecule has 0 spiro atoms. The van der Waals surface area contributed by atoms with Gasteiger partial charge in [0.15, 0.2) is 0 Å². The molecule has 1 aliphatic rings. The molecule has 0 bridgehead atoms. The fourth-order valence-corrected chi connectivity index (χ4v) is 2.10. The summed E-state index contributed by atoms with van der Waals surface area (Å²) in [6.07, 6.45) is 3.50. The highest BCUT2D eigenvalue weighted by atomic mass is 19.1. The molecule has 0 unspecified atom stereocenters. The van der Waals surface area contributed by atoms with Crippen LogP contribution in [0, 0.1) is 5.92 Å². The predicted octanol–water partition coefficient (Wildman–Crippen LogP) is 2.01. The zero-order valence-electron chi connectivity index (χ0n) is 10.1. The number of nitrogens with zero attached hydrogens (tertiary/aromatic N) is 1. The molecule has 1 saturated heterocycles. The van der Waals surface area contributed by atoms with Crippen molar-refractivity contribution in [3.63, 3.8) is 0 Å². The summed E-state index contributed by atoms with van der Waals surface area (Å²) < 4.78 is 17.4. The van der Waals surface area contributed by atoms with Crippen LogP contribution in [-0.2, 0) is 9.53 Å². The van der Waals surface area contributed by atoms with Crippen LogP contribution >= 0.6 is 0 Å². The van der Waals surface area contributed by atoms with Gasteiger partial charge in [-0.1, -0.05) is 6.92 Å². The van der Waals surface area contributed by atoms with Gasteiger partial charge in [-0.25, -0.2) is 4.39 Å². The molecule has 1 rings (SSSR count). The number of esters is 1. The maximum absolute atomic E-state index is 12.2. The number of hydrogen-bond acceptors (Lipinski definition) is 3. The first-order valence-electron chi connectivity index (χ1n) is 6.20. The van der Waals surface area contributed by atoms with Crippen LogP contribution in [0.2, 0.25) is 0 Å². The zero-order valence-corrected chi connectivity index (χ0v) is 10.1. The Kier molecular flexibility index (Phi) is 6.38. The fraction of sp³-hybridized carbons (Fsp3) is 0.917. The third kappa shape index (κ3) is 4.92. The number of hydrogen-bond donors (Lipinski definition) is 0. The quantitative estimate of drug-likeness (QED) is 0.655. The molecule has 0 aromatic rings. The Bertz CT molecular complexity index is 209. The Balaban J connectivity index is 2.18. The minimum atomic E-state index is -0.289. The lowest BCUT2D eigenvalue weighted by Crippen LogP contribution is -2.38. The molecule has 0 amide bonds. The number of rotatable bonds is 6. The van der Waals surface area contributed by atoms with Crippen LogP contribution in [-0.4, -0.2) is 43.8 Å². The molecule has 1 fully saturated rings. The van der Waals surface area contributed by atoms with Gasteiger partial charge in [-0.15, -0.1) is 0 Å². The molecule has 0 saturated carbocycles. The van der Waals surface area contributed by atoms with Crippen molar-refractivity contribution < 1.29 is 13.9 Å². The smallest absolute Gasteiger partial charge is 0.305 e. The van der Waals surface area contributed by atoms with Gasteiger partial charge in [0, 0.05) is 25.4 Å². The Morgan fingerprint density at radius 1 is 1.56 bits per heavy atom. The van der Waals surface area contributed by atoms with Crippen LogP contribution in [0.15, 0.2) is 0 Å². The van der Waals surface area contributed by atoms with Crippen LogP contribution in [0.25, 0.3) is 0 Å². The maximum atomic E-state index is 12.2. The predicted molar refractivity (Wildman–Crippen MR) is 61.0 cm³/mol. The van der Waals surface area contributed by atoms with Crippen LogP contribution in [0.3, 0.4) is 0 Å². The molecular weight excluding hydrogens is 209 g/mol. The summed E-state index contributed by atoms with van der Waals surface area (Å²) in [7, 11) is 0. The maximum Gasteiger partial charge on any atom is 0.305 e. The molecule has 0 aromatic heterocycles. The highest BCUT2D eigenvalue weighted by Gasteiger charge is 2.20. The topological polar surface area (TPSA) is 29.5 Å². The summed E-state index contributed by atoms with van der Waals surface area (Å²) in [5.74, 6) is 0.284. The van der Waals surface area contributed by atoms with Gasteiger partial charge in [0.05, 0.1) is 6.61 Å². The number of ether oxygens (including phenoxy) is 1. The molecule has 1 aliphatic heterocycles. The normalized spacial score (nSPS) is 22.0. The van der Waals surface area contributed by atoms with Crippen LogP contribution in [0.5, 0.6) is 0 Å². The van der Waals surface area contributed by atoms with Crippen molar-refractivity contribution in [1.82, 2.24) is 4.90 Å². The van der Waals surface area contributed by atoms with E-state index >= 15 is 0 Å². The molecule has 1 heterocycles. The Morgan fingerprint density at radius 2 is 2.38 bits per heavy atom. The van der Waals surface area contributed by atoms with Crippen molar-refractivity contribution in [2.45, 2.75) is 32.6 Å². The highest BCUT2D eigenvalue weighted by Crippen LogP contribution is 2.16. The minimum Gasteiger partial charge on any atom is -0.465 e. The van der Waals surface area contributed by atoms with Gasteiger partial charge in [-0.3, -0.25) is 4.79 Å². The van der Waals surface area contributed by atoms with Crippen LogP contribution in [0.1, 0.15) is 32.6 Å². The summed E-state index contributed by atoms with van der Waals surface area (Å²) in [5.41, 5.74) is 0. The van der Waals surface area contributed by atoms with E-state index < -0.39 is 0 Å². The number of carbonyl (C=O) groups is 1. The van der Waals surface area contributed by atoms with E-state index in [1.54, 1.807) is 0 Å². The van der Waals surface area contributed by atoms with E-state index in [0.29, 0.717) is 25.5 Å². The number of carbonyl (C=O) groups excluding carboxylic acids is 1. The van der Waals surface area contributed by atoms with E-state index in [1.807, 2.05) is 6.92 Å². The third-order valence-electron chi connectivity index (χ3n) is 2.94. The van der Waals surface area contributed by atoms with Gasteiger partial charge in [-0.2, -0.15) is 0 Å². The molecular formula is C12H22FNO2. The summed E-state index contributed by atoms with van der Waals surface area (Å²) in [6.45, 7) is 4.53. The lowest BCUT2D eigenvalue weighted by molar-refractivity contribution is -0.145. The number of likely N-dealkylation sites (tertiary alicyclic amines) is 1. The average molecular weight is 231 g/mol. The minimum absolute atomic E-state index is 0.106. The Morgan fingerprint density at radius 3 is 3.06 bits per heavy atom. The van der Waals surface area contributed by atoms with Crippen molar-refractivity contribution >= 4 is 5.97 Å². The number of piperidine rings is 1. The van der Waals surface area contributed by atoms with Crippen molar-refractivity contribution in [2.75, 3.05) is 32.9 Å². The average Bonchev–Trinajstić information content (AvgIpc) is 2.28. The van der Waals surface area contributed by atoms with Gasteiger partial charge in [0.2, 0.25) is 0 Å². The van der Waals surface area contributed by atoms with Crippen LogP contribution in [0.4, 0.5) is 4.39 Å². The monoisotopic (exact) mass is 231 g/mol. The van der Waals surface area contributed by atoms with Crippen LogP contribution < -0.4 is 0 Å². The lowest BCUT2D eigenvalue weighted by atomic mass is 9.99. The van der Waals surface area contributed by atoms with Crippen molar-refractivity contribution in [3.8, 4) is 0 Å². The second kappa shape index (κ2) is 7.60. The van der Waals surface area contributed by atoms with Gasteiger partial charge in [0.25, 0.3) is 0 Å². The van der Waals surface area contributed by atoms with E-state index in [-0.39, 0.29) is 12.6 Å². The molecule has 16 heavy (non-hydrogen) atoms. The van der Waals surface area contributed by atoms with Crippen molar-refractivity contribution in [2.24, 2.45) is 5.92 Å². The summed E-state index contributed by atoms with van der Waals surface area (Å²) in [4.78, 5) is 13.3. The first-order valence-corrected chi connectivity index (χ1v) is 6.20. The number of halogens is 1. The summed E-state index contributed by atoms with van der Waals surface area (Å²) >= 11 is 0. The van der Waals surface area contributed by atoms with Gasteiger partial charge >= 0.3 is 5.97 Å². The molecule has 4 heteroatoms. The largest absolute Gasteiger partial charge is 0.465 e. The zero-order chi connectivity index (χ0) is 11.8. The molecule has 0 radical (unpaired) electrons. The molecule has 1 atom stereocenters. The SMILES string of the molecule is CCCC(=O)OC[C@H]1CCCN(CCF)C1. The summed E-state index contributed by atoms with van der Waals surface area (Å²) in [5, 5.41) is 0. The standard InChI is InChI=1S/C12H22FNO2/c1-2-4-12(15)16-10-11-5-3-7-14(9-11)8-6-13/h11H,2-10H2,1H3/t11-/m0/s1. The number of alkyl halides is 1. The second-order valence-electron chi connectivity index (χ2n) is 4.43. The summed E-state index contributed by atoms with van der Waals surface area (Å²) in [6, 6.07) is 0. The Hall–Kier alpha value is -0.640. The molecule has 94 valence electrons. The third-order valence-corrected chi connectivity index (χ3v) is 2.94. The molecule has 0 aliphatic carbocycles. The molecule has 0 aromatic carbocycles. The second-order valence-corrected chi connectivity index (χ2v) is 4.43. The lowest BCUT2D eigenvalue weighted by Gasteiger charge is -2.31. The van der Waals surface area contributed by atoms with Gasteiger partial charge in [-0.05, 0) is 25.8 Å². The van der Waals surface area contributed by atoms with E-state index in [1.165, 1.54) is 0 Å². The van der Waals surface area contributed by atoms with E-state index in [0.717, 1.165) is 32.4 Å². The first-order chi connectivity index (χ1) is 7.76. The highest BCUT2D eigenvalue weighted by molar-refractivity contribution is 5.69. The van der Waals surface area contributed by atoms with E-state index in [2.05, 4.69) is 4.90 Å². The fourth-order valence-electron chi connectivity index (χ4n) is 2.10. The van der Waals surface area contributed by atoms with Crippen molar-refractivity contribution in [3.05, 3.63) is 0 Å². The Labute approximate surface area is 96.9 Å². The molecule has 3 nitrogen and oxygen atoms in total.